The number of thiazole rings is 1. The average Bonchev–Trinajstić information content (AvgIpc) is 2.55. The summed E-state index contributed by atoms with van der Waals surface area (Å²) in [5.74, 6) is 0.410. The van der Waals surface area contributed by atoms with E-state index in [1.165, 1.54) is 11.3 Å². The number of alkyl halides is 1. The van der Waals surface area contributed by atoms with Crippen molar-refractivity contribution in [3.63, 3.8) is 0 Å². The molecule has 1 aromatic heterocycles. The number of hydrogen-bond donors (Lipinski definition) is 0. The molecule has 68 valence electrons. The van der Waals surface area contributed by atoms with E-state index in [4.69, 9.17) is 34.8 Å². The van der Waals surface area contributed by atoms with Gasteiger partial charge in [-0.15, -0.1) is 22.9 Å². The molecule has 0 saturated heterocycles. The number of aromatic nitrogens is 1. The third kappa shape index (κ3) is 1.64. The molecule has 0 aliphatic carbocycles. The molecule has 0 fully saturated rings. The van der Waals surface area contributed by atoms with Gasteiger partial charge in [0.2, 0.25) is 0 Å². The van der Waals surface area contributed by atoms with Crippen LogP contribution < -0.4 is 0 Å². The first-order valence-corrected chi connectivity index (χ1v) is 5.62. The van der Waals surface area contributed by atoms with Gasteiger partial charge in [0, 0.05) is 0 Å². The van der Waals surface area contributed by atoms with Gasteiger partial charge in [-0.3, -0.25) is 0 Å². The van der Waals surface area contributed by atoms with Crippen LogP contribution in [-0.4, -0.2) is 4.98 Å². The molecule has 1 nitrogen and oxygen atoms in total. The molecule has 0 spiro atoms. The largest absolute Gasteiger partial charge is 0.240 e. The zero-order chi connectivity index (χ0) is 9.42. The second kappa shape index (κ2) is 3.62. The van der Waals surface area contributed by atoms with Crippen molar-refractivity contribution in [3.8, 4) is 0 Å². The molecule has 13 heavy (non-hydrogen) atoms. The minimum absolute atomic E-state index is 0.410. The van der Waals surface area contributed by atoms with Crippen LogP contribution in [0, 0.1) is 0 Å². The van der Waals surface area contributed by atoms with Crippen molar-refractivity contribution >= 4 is 56.4 Å². The zero-order valence-corrected chi connectivity index (χ0v) is 9.44. The smallest absolute Gasteiger partial charge is 0.109 e. The highest BCUT2D eigenvalue weighted by Gasteiger charge is 2.08. The Labute approximate surface area is 94.2 Å². The number of nitrogens with zero attached hydrogens (tertiary/aromatic N) is 1. The van der Waals surface area contributed by atoms with E-state index in [9.17, 15) is 0 Å². The first kappa shape index (κ1) is 9.53. The summed E-state index contributed by atoms with van der Waals surface area (Å²) in [7, 11) is 0. The van der Waals surface area contributed by atoms with Crippen LogP contribution in [-0.2, 0) is 5.88 Å². The highest BCUT2D eigenvalue weighted by atomic mass is 35.5. The maximum Gasteiger partial charge on any atom is 0.109 e. The van der Waals surface area contributed by atoms with E-state index in [1.807, 2.05) is 6.07 Å². The summed E-state index contributed by atoms with van der Waals surface area (Å²) in [6, 6.07) is 3.58. The topological polar surface area (TPSA) is 12.9 Å². The molecule has 0 bridgehead atoms. The minimum atomic E-state index is 0.410. The molecule has 0 amide bonds. The molecule has 0 N–H and O–H groups in total. The number of rotatable bonds is 1. The van der Waals surface area contributed by atoms with E-state index < -0.39 is 0 Å². The predicted octanol–water partition coefficient (Wildman–Crippen LogP) is 4.34. The summed E-state index contributed by atoms with van der Waals surface area (Å²) in [5.41, 5.74) is 0.857. The van der Waals surface area contributed by atoms with Gasteiger partial charge in [0.05, 0.1) is 26.1 Å². The number of hydrogen-bond acceptors (Lipinski definition) is 2. The Morgan fingerprint density at radius 1 is 1.31 bits per heavy atom. The molecular formula is C8H4Cl3NS. The number of fused-ring (bicyclic) bond motifs is 1. The Hall–Kier alpha value is -0.0200. The van der Waals surface area contributed by atoms with Crippen LogP contribution in [0.4, 0.5) is 0 Å². The molecule has 0 unspecified atom stereocenters. The van der Waals surface area contributed by atoms with Gasteiger partial charge in [-0.05, 0) is 12.1 Å². The van der Waals surface area contributed by atoms with Crippen molar-refractivity contribution in [3.05, 3.63) is 27.2 Å². The summed E-state index contributed by atoms with van der Waals surface area (Å²) in [6.07, 6.45) is 0. The fraction of sp³-hybridized carbons (Fsp3) is 0.125. The van der Waals surface area contributed by atoms with Crippen LogP contribution in [0.5, 0.6) is 0 Å². The van der Waals surface area contributed by atoms with E-state index in [0.29, 0.717) is 15.9 Å². The third-order valence-electron chi connectivity index (χ3n) is 1.61. The fourth-order valence-electron chi connectivity index (χ4n) is 1.04. The minimum Gasteiger partial charge on any atom is -0.240 e. The molecule has 2 aromatic rings. The molecule has 0 aliphatic heterocycles. The number of benzene rings is 1. The van der Waals surface area contributed by atoms with Gasteiger partial charge in [0.25, 0.3) is 0 Å². The Morgan fingerprint density at radius 2 is 2.08 bits per heavy atom. The summed E-state index contributed by atoms with van der Waals surface area (Å²) in [4.78, 5) is 4.28. The Morgan fingerprint density at radius 3 is 2.77 bits per heavy atom. The molecule has 0 atom stereocenters. The summed E-state index contributed by atoms with van der Waals surface area (Å²) < 4.78 is 0.907. The molecule has 0 radical (unpaired) electrons. The molecule has 5 heteroatoms. The summed E-state index contributed by atoms with van der Waals surface area (Å²) in [6.45, 7) is 0. The normalized spacial score (nSPS) is 11.0. The summed E-state index contributed by atoms with van der Waals surface area (Å²) in [5, 5.41) is 1.98. The second-order valence-electron chi connectivity index (χ2n) is 2.45. The van der Waals surface area contributed by atoms with Crippen LogP contribution in [0.25, 0.3) is 10.2 Å². The van der Waals surface area contributed by atoms with Gasteiger partial charge in [0.15, 0.2) is 0 Å². The van der Waals surface area contributed by atoms with Crippen LogP contribution in [0.3, 0.4) is 0 Å². The fourth-order valence-corrected chi connectivity index (χ4v) is 2.60. The lowest BCUT2D eigenvalue weighted by Crippen LogP contribution is -1.72. The molecule has 2 rings (SSSR count). The molecule has 1 heterocycles. The van der Waals surface area contributed by atoms with Crippen molar-refractivity contribution in [1.29, 1.82) is 0 Å². The van der Waals surface area contributed by atoms with Crippen LogP contribution in [0.2, 0.25) is 10.0 Å². The van der Waals surface area contributed by atoms with Crippen molar-refractivity contribution in [2.75, 3.05) is 0 Å². The quantitative estimate of drug-likeness (QED) is 0.688. The first-order chi connectivity index (χ1) is 6.22. The Balaban J connectivity index is 2.76. The van der Waals surface area contributed by atoms with Crippen LogP contribution in [0.15, 0.2) is 12.1 Å². The molecule has 0 saturated carbocycles. The average molecular weight is 253 g/mol. The molecule has 0 aliphatic rings. The zero-order valence-electron chi connectivity index (χ0n) is 6.35. The highest BCUT2D eigenvalue weighted by molar-refractivity contribution is 7.19. The highest BCUT2D eigenvalue weighted by Crippen LogP contribution is 2.34. The number of halogens is 3. The van der Waals surface area contributed by atoms with Crippen LogP contribution >= 0.6 is 46.1 Å². The van der Waals surface area contributed by atoms with E-state index >= 15 is 0 Å². The maximum atomic E-state index is 5.99. The maximum absolute atomic E-state index is 5.99. The van der Waals surface area contributed by atoms with E-state index in [2.05, 4.69) is 4.98 Å². The van der Waals surface area contributed by atoms with Crippen molar-refractivity contribution in [2.45, 2.75) is 5.88 Å². The Bertz CT molecular complexity index is 452. The standard InChI is InChI=1S/C8H4Cl3NS/c9-3-6-12-5-2-1-4(10)7(11)8(5)13-6/h1-2H,3H2. The van der Waals surface area contributed by atoms with Crippen LogP contribution in [0.1, 0.15) is 5.01 Å². The van der Waals surface area contributed by atoms with Crippen molar-refractivity contribution in [2.24, 2.45) is 0 Å². The van der Waals surface area contributed by atoms with Gasteiger partial charge in [-0.25, -0.2) is 4.98 Å². The lowest BCUT2D eigenvalue weighted by Gasteiger charge is -1.93. The Kier molecular flexibility index (Phi) is 2.65. The van der Waals surface area contributed by atoms with Gasteiger partial charge >= 0.3 is 0 Å². The SMILES string of the molecule is ClCc1nc2ccc(Cl)c(Cl)c2s1. The van der Waals surface area contributed by atoms with Gasteiger partial charge in [0.1, 0.15) is 5.01 Å². The van der Waals surface area contributed by atoms with E-state index in [1.54, 1.807) is 6.07 Å². The third-order valence-corrected chi connectivity index (χ3v) is 4.03. The lowest BCUT2D eigenvalue weighted by molar-refractivity contribution is 1.30. The lowest BCUT2D eigenvalue weighted by atomic mass is 10.3. The predicted molar refractivity (Wildman–Crippen MR) is 59.2 cm³/mol. The summed E-state index contributed by atoms with van der Waals surface area (Å²) >= 11 is 19.0. The van der Waals surface area contributed by atoms with Gasteiger partial charge in [-0.2, -0.15) is 0 Å². The molecular weight excluding hydrogens is 249 g/mol. The van der Waals surface area contributed by atoms with Gasteiger partial charge in [-0.1, -0.05) is 23.2 Å². The monoisotopic (exact) mass is 251 g/mol. The van der Waals surface area contributed by atoms with Crippen molar-refractivity contribution in [1.82, 2.24) is 4.98 Å². The first-order valence-electron chi connectivity index (χ1n) is 3.51. The van der Waals surface area contributed by atoms with Gasteiger partial charge < -0.3 is 0 Å². The van der Waals surface area contributed by atoms with E-state index in [0.717, 1.165) is 15.2 Å². The van der Waals surface area contributed by atoms with E-state index in [-0.39, 0.29) is 0 Å². The second-order valence-corrected chi connectivity index (χ2v) is 4.59. The molecule has 1 aromatic carbocycles. The van der Waals surface area contributed by atoms with Crippen molar-refractivity contribution < 1.29 is 0 Å².